The van der Waals surface area contributed by atoms with Gasteiger partial charge in [-0.1, -0.05) is 23.4 Å². The number of carbonyl (C=O) groups excluding carboxylic acids is 1. The molecule has 134 valence electrons. The van der Waals surface area contributed by atoms with Gasteiger partial charge in [-0.3, -0.25) is 9.48 Å². The highest BCUT2D eigenvalue weighted by Crippen LogP contribution is 2.35. The van der Waals surface area contributed by atoms with Gasteiger partial charge in [-0.25, -0.2) is 4.68 Å². The molecule has 1 aliphatic rings. The predicted molar refractivity (Wildman–Crippen MR) is 96.5 cm³/mol. The zero-order valence-electron chi connectivity index (χ0n) is 14.6. The monoisotopic (exact) mass is 351 g/mol. The molecule has 2 N–H and O–H groups in total. The van der Waals surface area contributed by atoms with Crippen LogP contribution >= 0.6 is 0 Å². The Hall–Kier alpha value is -3.00. The maximum Gasteiger partial charge on any atom is 0.223 e. The number of aromatic nitrogens is 5. The minimum Gasteiger partial charge on any atom is -0.326 e. The number of para-hydroxylation sites is 1. The molecule has 0 spiro atoms. The van der Waals surface area contributed by atoms with Gasteiger partial charge in [0, 0.05) is 43.0 Å². The first-order valence-electron chi connectivity index (χ1n) is 8.65. The number of benzene rings is 1. The van der Waals surface area contributed by atoms with E-state index in [-0.39, 0.29) is 11.9 Å². The Balaban J connectivity index is 1.59. The highest BCUT2D eigenvalue weighted by molar-refractivity contribution is 5.92. The first kappa shape index (κ1) is 16.5. The Morgan fingerprint density at radius 3 is 2.92 bits per heavy atom. The van der Waals surface area contributed by atoms with Crippen LogP contribution in [0.2, 0.25) is 0 Å². The average molecular weight is 351 g/mol. The van der Waals surface area contributed by atoms with E-state index >= 15 is 0 Å². The van der Waals surface area contributed by atoms with E-state index in [0.717, 1.165) is 28.9 Å². The second kappa shape index (κ2) is 6.72. The summed E-state index contributed by atoms with van der Waals surface area (Å²) in [6.07, 6.45) is 6.44. The van der Waals surface area contributed by atoms with Crippen molar-refractivity contribution in [3.05, 3.63) is 59.7 Å². The van der Waals surface area contributed by atoms with Crippen LogP contribution in [0.5, 0.6) is 0 Å². The van der Waals surface area contributed by atoms with Gasteiger partial charge in [0.2, 0.25) is 5.91 Å². The molecule has 0 fully saturated rings. The lowest BCUT2D eigenvalue weighted by Gasteiger charge is -2.33. The van der Waals surface area contributed by atoms with E-state index in [0.29, 0.717) is 19.6 Å². The standard InChI is InChI=1S/C18H21N7O/c1-13(26)24-7-6-18(16-4-2-3-5-17(16)24)25-12-15(21-22-25)11-23-10-14(8-19)9-20-23/h2-5,9-10,12,18H,6-8,11,19H2,1H3. The Morgan fingerprint density at radius 2 is 2.15 bits per heavy atom. The molecule has 2 aromatic heterocycles. The molecular weight excluding hydrogens is 330 g/mol. The summed E-state index contributed by atoms with van der Waals surface area (Å²) in [5.41, 5.74) is 9.49. The highest BCUT2D eigenvalue weighted by Gasteiger charge is 2.28. The third-order valence-corrected chi connectivity index (χ3v) is 4.72. The number of anilines is 1. The minimum atomic E-state index is 0.0598. The maximum atomic E-state index is 11.9. The number of amides is 1. The van der Waals surface area contributed by atoms with Gasteiger partial charge in [0.1, 0.15) is 5.69 Å². The van der Waals surface area contributed by atoms with Crippen molar-refractivity contribution in [1.29, 1.82) is 0 Å². The van der Waals surface area contributed by atoms with Crippen LogP contribution in [0, 0.1) is 0 Å². The summed E-state index contributed by atoms with van der Waals surface area (Å²) in [7, 11) is 0. The molecule has 8 heteroatoms. The van der Waals surface area contributed by atoms with Crippen LogP contribution in [-0.2, 0) is 17.9 Å². The lowest BCUT2D eigenvalue weighted by atomic mass is 9.96. The Morgan fingerprint density at radius 1 is 1.31 bits per heavy atom. The van der Waals surface area contributed by atoms with Crippen LogP contribution in [0.1, 0.15) is 36.2 Å². The van der Waals surface area contributed by atoms with Crippen molar-refractivity contribution in [1.82, 2.24) is 24.8 Å². The molecule has 1 amide bonds. The zero-order valence-corrected chi connectivity index (χ0v) is 14.6. The summed E-state index contributed by atoms with van der Waals surface area (Å²) < 4.78 is 3.70. The number of carbonyl (C=O) groups is 1. The smallest absolute Gasteiger partial charge is 0.223 e. The summed E-state index contributed by atoms with van der Waals surface area (Å²) in [4.78, 5) is 13.7. The molecule has 0 saturated heterocycles. The molecule has 1 unspecified atom stereocenters. The van der Waals surface area contributed by atoms with Crippen molar-refractivity contribution in [3.63, 3.8) is 0 Å². The van der Waals surface area contributed by atoms with Crippen LogP contribution in [0.25, 0.3) is 0 Å². The van der Waals surface area contributed by atoms with E-state index in [4.69, 9.17) is 5.73 Å². The zero-order chi connectivity index (χ0) is 18.1. The molecule has 3 heterocycles. The molecule has 0 aliphatic carbocycles. The van der Waals surface area contributed by atoms with Crippen molar-refractivity contribution >= 4 is 11.6 Å². The van der Waals surface area contributed by atoms with Crippen molar-refractivity contribution in [2.45, 2.75) is 32.5 Å². The van der Waals surface area contributed by atoms with Crippen LogP contribution in [0.4, 0.5) is 5.69 Å². The second-order valence-electron chi connectivity index (χ2n) is 6.47. The number of fused-ring (bicyclic) bond motifs is 1. The lowest BCUT2D eigenvalue weighted by molar-refractivity contribution is -0.116. The fraction of sp³-hybridized carbons (Fsp3) is 0.333. The molecule has 4 rings (SSSR count). The molecule has 1 atom stereocenters. The lowest BCUT2D eigenvalue weighted by Crippen LogP contribution is -2.36. The van der Waals surface area contributed by atoms with E-state index in [1.165, 1.54) is 0 Å². The van der Waals surface area contributed by atoms with Crippen LogP contribution in [0.3, 0.4) is 0 Å². The molecule has 0 radical (unpaired) electrons. The maximum absolute atomic E-state index is 11.9. The summed E-state index contributed by atoms with van der Waals surface area (Å²) in [5, 5.41) is 12.9. The summed E-state index contributed by atoms with van der Waals surface area (Å²) in [5.74, 6) is 0.0598. The third-order valence-electron chi connectivity index (χ3n) is 4.72. The van der Waals surface area contributed by atoms with Gasteiger partial charge < -0.3 is 10.6 Å². The fourth-order valence-electron chi connectivity index (χ4n) is 3.45. The van der Waals surface area contributed by atoms with Crippen LogP contribution in [-0.4, -0.2) is 37.2 Å². The van der Waals surface area contributed by atoms with Crippen molar-refractivity contribution < 1.29 is 4.79 Å². The van der Waals surface area contributed by atoms with E-state index in [9.17, 15) is 4.79 Å². The number of nitrogens with two attached hydrogens (primary N) is 1. The quantitative estimate of drug-likeness (QED) is 0.765. The molecule has 26 heavy (non-hydrogen) atoms. The van der Waals surface area contributed by atoms with Crippen LogP contribution in [0.15, 0.2) is 42.9 Å². The van der Waals surface area contributed by atoms with Crippen molar-refractivity contribution in [3.8, 4) is 0 Å². The van der Waals surface area contributed by atoms with E-state index in [2.05, 4.69) is 21.5 Å². The Kier molecular flexibility index (Phi) is 4.26. The molecule has 1 aliphatic heterocycles. The van der Waals surface area contributed by atoms with Crippen molar-refractivity contribution in [2.24, 2.45) is 5.73 Å². The topological polar surface area (TPSA) is 94.9 Å². The molecule has 8 nitrogen and oxygen atoms in total. The van der Waals surface area contributed by atoms with E-state index < -0.39 is 0 Å². The third kappa shape index (κ3) is 2.99. The van der Waals surface area contributed by atoms with Crippen molar-refractivity contribution in [2.75, 3.05) is 11.4 Å². The number of hydrogen-bond donors (Lipinski definition) is 1. The molecular formula is C18H21N7O. The second-order valence-corrected chi connectivity index (χ2v) is 6.47. The van der Waals surface area contributed by atoms with Gasteiger partial charge in [0.25, 0.3) is 0 Å². The summed E-state index contributed by atoms with van der Waals surface area (Å²) in [6.45, 7) is 3.29. The van der Waals surface area contributed by atoms with Gasteiger partial charge in [0.05, 0.1) is 25.0 Å². The first-order chi connectivity index (χ1) is 12.7. The highest BCUT2D eigenvalue weighted by atomic mass is 16.2. The van der Waals surface area contributed by atoms with E-state index in [1.54, 1.807) is 13.1 Å². The van der Waals surface area contributed by atoms with E-state index in [1.807, 2.05) is 44.9 Å². The Labute approximate surface area is 151 Å². The van der Waals surface area contributed by atoms with Crippen LogP contribution < -0.4 is 10.6 Å². The number of nitrogens with zero attached hydrogens (tertiary/aromatic N) is 6. The van der Waals surface area contributed by atoms with Gasteiger partial charge in [-0.05, 0) is 12.5 Å². The van der Waals surface area contributed by atoms with Gasteiger partial charge in [-0.15, -0.1) is 5.10 Å². The SMILES string of the molecule is CC(=O)N1CCC(n2cc(Cn3cc(CN)cn3)nn2)c2ccccc21. The fourth-order valence-corrected chi connectivity index (χ4v) is 3.45. The molecule has 0 saturated carbocycles. The minimum absolute atomic E-state index is 0.0598. The first-order valence-corrected chi connectivity index (χ1v) is 8.65. The van der Waals surface area contributed by atoms with Gasteiger partial charge >= 0.3 is 0 Å². The number of rotatable bonds is 4. The average Bonchev–Trinajstić information content (AvgIpc) is 3.30. The predicted octanol–water partition coefficient (Wildman–Crippen LogP) is 1.33. The normalized spacial score (nSPS) is 16.5. The molecule has 1 aromatic carbocycles. The molecule has 0 bridgehead atoms. The van der Waals surface area contributed by atoms with Gasteiger partial charge in [0.15, 0.2) is 0 Å². The summed E-state index contributed by atoms with van der Waals surface area (Å²) >= 11 is 0. The van der Waals surface area contributed by atoms with Gasteiger partial charge in [-0.2, -0.15) is 5.10 Å². The summed E-state index contributed by atoms with van der Waals surface area (Å²) in [6, 6.07) is 8.05. The molecule has 3 aromatic rings. The largest absolute Gasteiger partial charge is 0.326 e. The Bertz CT molecular complexity index is 929. The number of hydrogen-bond acceptors (Lipinski definition) is 5.